The molecule has 1 aliphatic heterocycles. The Morgan fingerprint density at radius 2 is 1.02 bits per heavy atom. The first-order chi connectivity index (χ1) is 28.7. The SMILES string of the molecule is c1ccc(C2N=C(c3cccc(-c4cccc5oc6ccc(-c7ccc8ccc9ccccc9c8c7)cc6c45)c3)N=C(c3ccc4oc5ccccc5c4c3)N2)cc1. The van der Waals surface area contributed by atoms with E-state index in [2.05, 4.69) is 151 Å². The number of hydrogen-bond donors (Lipinski definition) is 1. The molecule has 0 saturated carbocycles. The summed E-state index contributed by atoms with van der Waals surface area (Å²) < 4.78 is 12.6. The molecular formula is C53H33N3O2. The van der Waals surface area contributed by atoms with Crippen molar-refractivity contribution in [2.75, 3.05) is 0 Å². The molecule has 0 spiro atoms. The third-order valence-electron chi connectivity index (χ3n) is 11.5. The van der Waals surface area contributed by atoms with Gasteiger partial charge in [0.05, 0.1) is 0 Å². The molecule has 5 nitrogen and oxygen atoms in total. The lowest BCUT2D eigenvalue weighted by molar-refractivity contribution is 0.668. The molecule has 12 rings (SSSR count). The first-order valence-corrected chi connectivity index (χ1v) is 19.6. The molecule has 1 unspecified atom stereocenters. The van der Waals surface area contributed by atoms with Gasteiger partial charge >= 0.3 is 0 Å². The van der Waals surface area contributed by atoms with Crippen LogP contribution in [0.3, 0.4) is 0 Å². The van der Waals surface area contributed by atoms with Crippen LogP contribution < -0.4 is 5.32 Å². The lowest BCUT2D eigenvalue weighted by Crippen LogP contribution is -2.33. The Morgan fingerprint density at radius 3 is 1.91 bits per heavy atom. The summed E-state index contributed by atoms with van der Waals surface area (Å²) in [5.74, 6) is 1.42. The van der Waals surface area contributed by atoms with Crippen LogP contribution in [-0.2, 0) is 0 Å². The predicted octanol–water partition coefficient (Wildman–Crippen LogP) is 13.6. The number of para-hydroxylation sites is 1. The standard InChI is InChI=1S/C53H33N3O2/c1-2-11-34(12-3-1)51-54-52(56-53(55-51)39-25-27-47-44(31-39)42-16-6-7-18-46(42)57-47)38-14-8-13-37(28-38)41-17-9-19-49-50(41)45-30-36(24-26-48(45)58-49)35-23-22-33-21-20-32-10-4-5-15-40(32)43(33)29-35/h1-31,51H,(H,54,55,56). The second kappa shape index (κ2) is 12.9. The molecule has 272 valence electrons. The summed E-state index contributed by atoms with van der Waals surface area (Å²) in [6.07, 6.45) is -0.322. The minimum absolute atomic E-state index is 0.322. The summed E-state index contributed by atoms with van der Waals surface area (Å²) in [5, 5.41) is 12.9. The lowest BCUT2D eigenvalue weighted by Gasteiger charge is -2.24. The molecule has 1 N–H and O–H groups in total. The summed E-state index contributed by atoms with van der Waals surface area (Å²) >= 11 is 0. The van der Waals surface area contributed by atoms with Crippen molar-refractivity contribution in [1.29, 1.82) is 0 Å². The Bertz CT molecular complexity index is 3500. The van der Waals surface area contributed by atoms with Crippen LogP contribution in [0.15, 0.2) is 207 Å². The molecule has 0 bridgehead atoms. The van der Waals surface area contributed by atoms with E-state index in [9.17, 15) is 0 Å². The van der Waals surface area contributed by atoms with Crippen molar-refractivity contribution in [1.82, 2.24) is 5.32 Å². The maximum atomic E-state index is 6.50. The van der Waals surface area contributed by atoms with E-state index in [0.29, 0.717) is 5.84 Å². The molecule has 0 fully saturated rings. The van der Waals surface area contributed by atoms with Crippen molar-refractivity contribution >= 4 is 77.1 Å². The van der Waals surface area contributed by atoms with Gasteiger partial charge < -0.3 is 14.2 Å². The maximum Gasteiger partial charge on any atom is 0.159 e. The van der Waals surface area contributed by atoms with Crippen molar-refractivity contribution in [2.24, 2.45) is 9.98 Å². The monoisotopic (exact) mass is 743 g/mol. The topological polar surface area (TPSA) is 63.0 Å². The first-order valence-electron chi connectivity index (χ1n) is 19.6. The van der Waals surface area contributed by atoms with Gasteiger partial charge in [0, 0.05) is 32.7 Å². The summed E-state index contributed by atoms with van der Waals surface area (Å²) in [6, 6.07) is 65.9. The molecule has 1 atom stereocenters. The van der Waals surface area contributed by atoms with E-state index in [1.807, 2.05) is 42.5 Å². The lowest BCUT2D eigenvalue weighted by atomic mass is 9.94. The maximum absolute atomic E-state index is 6.50. The Labute approximate surface area is 333 Å². The number of hydrogen-bond acceptors (Lipinski definition) is 5. The van der Waals surface area contributed by atoms with E-state index in [1.54, 1.807) is 0 Å². The van der Waals surface area contributed by atoms with Crippen LogP contribution in [0.5, 0.6) is 0 Å². The van der Waals surface area contributed by atoms with E-state index in [4.69, 9.17) is 18.8 Å². The van der Waals surface area contributed by atoms with Crippen molar-refractivity contribution < 1.29 is 8.83 Å². The molecule has 2 aromatic heterocycles. The quantitative estimate of drug-likeness (QED) is 0.179. The van der Waals surface area contributed by atoms with Crippen molar-refractivity contribution in [2.45, 2.75) is 6.17 Å². The van der Waals surface area contributed by atoms with E-state index in [1.165, 1.54) is 27.1 Å². The average molecular weight is 744 g/mol. The number of benzene rings is 9. The van der Waals surface area contributed by atoms with Crippen LogP contribution in [0.1, 0.15) is 22.9 Å². The fraction of sp³-hybridized carbons (Fsp3) is 0.0189. The zero-order valence-electron chi connectivity index (χ0n) is 31.2. The van der Waals surface area contributed by atoms with Gasteiger partial charge in [0.25, 0.3) is 0 Å². The summed E-state index contributed by atoms with van der Waals surface area (Å²) in [5.41, 5.74) is 10.9. The molecule has 11 aromatic rings. The predicted molar refractivity (Wildman–Crippen MR) is 239 cm³/mol. The molecule has 0 aliphatic carbocycles. The van der Waals surface area contributed by atoms with Gasteiger partial charge in [-0.25, -0.2) is 9.98 Å². The van der Waals surface area contributed by atoms with Gasteiger partial charge in [-0.1, -0.05) is 133 Å². The van der Waals surface area contributed by atoms with Crippen LogP contribution in [0.4, 0.5) is 0 Å². The molecule has 0 radical (unpaired) electrons. The zero-order valence-corrected chi connectivity index (χ0v) is 31.2. The second-order valence-electron chi connectivity index (χ2n) is 15.0. The third kappa shape index (κ3) is 5.32. The van der Waals surface area contributed by atoms with Gasteiger partial charge in [-0.15, -0.1) is 0 Å². The highest BCUT2D eigenvalue weighted by Crippen LogP contribution is 2.40. The number of rotatable bonds is 5. The smallest absolute Gasteiger partial charge is 0.159 e. The Hall–Kier alpha value is -7.76. The van der Waals surface area contributed by atoms with Crippen LogP contribution in [0, 0.1) is 0 Å². The minimum Gasteiger partial charge on any atom is -0.456 e. The van der Waals surface area contributed by atoms with Crippen LogP contribution >= 0.6 is 0 Å². The molecule has 0 saturated heterocycles. The van der Waals surface area contributed by atoms with E-state index in [-0.39, 0.29) is 6.17 Å². The van der Waals surface area contributed by atoms with Crippen molar-refractivity contribution in [3.8, 4) is 22.3 Å². The summed E-state index contributed by atoms with van der Waals surface area (Å²) in [4.78, 5) is 10.4. The summed E-state index contributed by atoms with van der Waals surface area (Å²) in [7, 11) is 0. The Morgan fingerprint density at radius 1 is 0.397 bits per heavy atom. The average Bonchev–Trinajstić information content (AvgIpc) is 3.87. The molecule has 5 heteroatoms. The Kier molecular flexibility index (Phi) is 7.23. The number of nitrogens with zero attached hydrogens (tertiary/aromatic N) is 2. The molecule has 3 heterocycles. The van der Waals surface area contributed by atoms with E-state index >= 15 is 0 Å². The fourth-order valence-electron chi connectivity index (χ4n) is 8.66. The fourth-order valence-corrected chi connectivity index (χ4v) is 8.66. The third-order valence-corrected chi connectivity index (χ3v) is 11.5. The number of nitrogens with one attached hydrogen (secondary N) is 1. The second-order valence-corrected chi connectivity index (χ2v) is 15.0. The Balaban J connectivity index is 0.974. The number of furan rings is 2. The molecule has 0 amide bonds. The van der Waals surface area contributed by atoms with Crippen molar-refractivity contribution in [3.05, 3.63) is 205 Å². The zero-order chi connectivity index (χ0) is 38.2. The van der Waals surface area contributed by atoms with Gasteiger partial charge in [0.1, 0.15) is 34.3 Å². The van der Waals surface area contributed by atoms with Gasteiger partial charge in [-0.05, 0) is 104 Å². The van der Waals surface area contributed by atoms with E-state index in [0.717, 1.165) is 83.1 Å². The molecule has 58 heavy (non-hydrogen) atoms. The van der Waals surface area contributed by atoms with Crippen LogP contribution in [0.25, 0.3) is 87.7 Å². The van der Waals surface area contributed by atoms with Gasteiger partial charge in [-0.2, -0.15) is 0 Å². The number of amidine groups is 2. The largest absolute Gasteiger partial charge is 0.456 e. The minimum atomic E-state index is -0.322. The van der Waals surface area contributed by atoms with Gasteiger partial charge in [-0.3, -0.25) is 0 Å². The van der Waals surface area contributed by atoms with Gasteiger partial charge in [0.2, 0.25) is 0 Å². The summed E-state index contributed by atoms with van der Waals surface area (Å²) in [6.45, 7) is 0. The number of fused-ring (bicyclic) bond motifs is 9. The number of aliphatic imine (C=N–C) groups is 2. The van der Waals surface area contributed by atoms with Crippen LogP contribution in [0.2, 0.25) is 0 Å². The first kappa shape index (κ1) is 32.5. The van der Waals surface area contributed by atoms with E-state index < -0.39 is 0 Å². The highest BCUT2D eigenvalue weighted by molar-refractivity contribution is 6.17. The molecule has 1 aliphatic rings. The van der Waals surface area contributed by atoms with Crippen LogP contribution in [-0.4, -0.2) is 11.7 Å². The highest BCUT2D eigenvalue weighted by atomic mass is 16.3. The molecule has 9 aromatic carbocycles. The normalized spacial score (nSPS) is 14.4. The van der Waals surface area contributed by atoms with Crippen molar-refractivity contribution in [3.63, 3.8) is 0 Å². The molecular weight excluding hydrogens is 711 g/mol. The highest BCUT2D eigenvalue weighted by Gasteiger charge is 2.23. The van der Waals surface area contributed by atoms with Gasteiger partial charge in [0.15, 0.2) is 5.84 Å².